The van der Waals surface area contributed by atoms with Crippen LogP contribution < -0.4 is 4.72 Å². The lowest BCUT2D eigenvalue weighted by molar-refractivity contribution is -0.153. The number of likely N-dealkylation sites (tertiary alicyclic amines) is 1. The first-order valence-electron chi connectivity index (χ1n) is 9.47. The molecule has 0 unspecified atom stereocenters. The number of hydrogen-bond donors (Lipinski definition) is 1. The second-order valence-electron chi connectivity index (χ2n) is 7.91. The molecule has 1 heterocycles. The van der Waals surface area contributed by atoms with Crippen LogP contribution in [0.3, 0.4) is 0 Å². The maximum Gasteiger partial charge on any atom is 0.408 e. The Hall–Kier alpha value is -0.830. The number of nitrogens with one attached hydrogen (secondary N) is 1. The van der Waals surface area contributed by atoms with Crippen molar-refractivity contribution in [3.63, 3.8) is 0 Å². The quantitative estimate of drug-likeness (QED) is 0.718. The zero-order valence-corrected chi connectivity index (χ0v) is 17.5. The largest absolute Gasteiger partial charge is 0.408 e. The highest BCUT2D eigenvalue weighted by atomic mass is 35.5. The minimum Gasteiger partial charge on any atom is -0.299 e. The Morgan fingerprint density at radius 1 is 1.07 bits per heavy atom. The Morgan fingerprint density at radius 2 is 1.61 bits per heavy atom. The van der Waals surface area contributed by atoms with Crippen LogP contribution in [0.5, 0.6) is 0 Å². The molecule has 160 valence electrons. The minimum atomic E-state index is -4.69. The van der Waals surface area contributed by atoms with Gasteiger partial charge in [-0.05, 0) is 48.9 Å². The number of rotatable bonds is 6. The van der Waals surface area contributed by atoms with Crippen LogP contribution in [-0.2, 0) is 16.6 Å². The third-order valence-electron chi connectivity index (χ3n) is 5.83. The fraction of sp³-hybridized carbons (Fsp3) is 0.684. The van der Waals surface area contributed by atoms with Gasteiger partial charge >= 0.3 is 6.18 Å². The number of hydrogen-bond acceptors (Lipinski definition) is 3. The van der Waals surface area contributed by atoms with Gasteiger partial charge in [0.15, 0.2) is 0 Å². The van der Waals surface area contributed by atoms with Crippen molar-refractivity contribution in [2.45, 2.75) is 50.9 Å². The molecule has 0 amide bonds. The van der Waals surface area contributed by atoms with Crippen molar-refractivity contribution in [2.24, 2.45) is 11.8 Å². The molecule has 0 aromatic heterocycles. The molecule has 1 saturated carbocycles. The first kappa shape index (κ1) is 23.4. The van der Waals surface area contributed by atoms with Crippen LogP contribution in [0.25, 0.3) is 0 Å². The van der Waals surface area contributed by atoms with Crippen molar-refractivity contribution in [3.8, 4) is 0 Å². The first-order valence-corrected chi connectivity index (χ1v) is 11.4. The fourth-order valence-electron chi connectivity index (χ4n) is 4.11. The molecule has 4 nitrogen and oxygen atoms in total. The lowest BCUT2D eigenvalue weighted by atomic mass is 9.72. The van der Waals surface area contributed by atoms with Gasteiger partial charge in [0, 0.05) is 6.54 Å². The van der Waals surface area contributed by atoms with Gasteiger partial charge in [-0.3, -0.25) is 4.90 Å². The average molecular weight is 441 g/mol. The molecule has 2 fully saturated rings. The number of sulfonamides is 1. The van der Waals surface area contributed by atoms with Crippen molar-refractivity contribution in [3.05, 3.63) is 35.4 Å². The van der Waals surface area contributed by atoms with Crippen molar-refractivity contribution >= 4 is 22.4 Å². The third-order valence-corrected chi connectivity index (χ3v) is 6.49. The van der Waals surface area contributed by atoms with Gasteiger partial charge in [-0.25, -0.2) is 8.42 Å². The molecule has 1 N–H and O–H groups in total. The highest BCUT2D eigenvalue weighted by molar-refractivity contribution is 7.88. The normalized spacial score (nSPS) is 21.0. The molecule has 1 atom stereocenters. The summed E-state index contributed by atoms with van der Waals surface area (Å²) in [5, 5.41) is 0. The number of piperidine rings is 1. The van der Waals surface area contributed by atoms with Gasteiger partial charge in [0.1, 0.15) is 6.04 Å². The molecule has 2 aliphatic rings. The second-order valence-corrected chi connectivity index (χ2v) is 9.69. The summed E-state index contributed by atoms with van der Waals surface area (Å²) in [5.41, 5.74) is 0.849. The predicted molar refractivity (Wildman–Crippen MR) is 106 cm³/mol. The smallest absolute Gasteiger partial charge is 0.299 e. The molecule has 0 bridgehead atoms. The molecule has 1 aromatic rings. The van der Waals surface area contributed by atoms with Crippen molar-refractivity contribution in [2.75, 3.05) is 19.3 Å². The molecular weight excluding hydrogens is 413 g/mol. The standard InChI is InChI=1S/C19H27F3N2O2S.ClH/c1-27(25,26)23-18(19(20,21)22)17-7-5-14(6-8-17)13-24-11-9-16(10-12-24)15-3-2-4-15;/h5-8,15-16,18,23H,2-4,9-13H2,1H3;1H/t18-;/m0./s1. The molecule has 1 aliphatic heterocycles. The van der Waals surface area contributed by atoms with Gasteiger partial charge in [0.2, 0.25) is 10.0 Å². The summed E-state index contributed by atoms with van der Waals surface area (Å²) in [6.45, 7) is 2.78. The second kappa shape index (κ2) is 9.32. The molecule has 0 radical (unpaired) electrons. The summed E-state index contributed by atoms with van der Waals surface area (Å²) in [6, 6.07) is 3.84. The minimum absolute atomic E-state index is 0. The van der Waals surface area contributed by atoms with E-state index in [1.807, 2.05) is 0 Å². The molecule has 1 aromatic carbocycles. The summed E-state index contributed by atoms with van der Waals surface area (Å²) in [7, 11) is -3.98. The SMILES string of the molecule is CS(=O)(=O)N[C@@H](c1ccc(CN2CCC(C3CCC3)CC2)cc1)C(F)(F)F.Cl. The van der Waals surface area contributed by atoms with Crippen molar-refractivity contribution in [1.82, 2.24) is 9.62 Å². The van der Waals surface area contributed by atoms with Gasteiger partial charge in [0.25, 0.3) is 0 Å². The summed E-state index contributed by atoms with van der Waals surface area (Å²) in [6.07, 6.45) is 2.56. The van der Waals surface area contributed by atoms with Crippen LogP contribution in [0.4, 0.5) is 13.2 Å². The van der Waals surface area contributed by atoms with Crippen LogP contribution in [0.15, 0.2) is 24.3 Å². The number of alkyl halides is 3. The average Bonchev–Trinajstić information content (AvgIpc) is 2.52. The summed E-state index contributed by atoms with van der Waals surface area (Å²) in [5.74, 6) is 1.75. The van der Waals surface area contributed by atoms with E-state index in [9.17, 15) is 21.6 Å². The Kier molecular flexibility index (Phi) is 7.81. The van der Waals surface area contributed by atoms with E-state index in [-0.39, 0.29) is 18.0 Å². The number of benzene rings is 1. The monoisotopic (exact) mass is 440 g/mol. The summed E-state index contributed by atoms with van der Waals surface area (Å²) >= 11 is 0. The number of halogens is 4. The zero-order valence-electron chi connectivity index (χ0n) is 15.9. The van der Waals surface area contributed by atoms with E-state index in [4.69, 9.17) is 0 Å². The molecule has 0 spiro atoms. The maximum atomic E-state index is 13.2. The Labute approximate surface area is 171 Å². The van der Waals surface area contributed by atoms with Gasteiger partial charge < -0.3 is 0 Å². The molecule has 1 aliphatic carbocycles. The van der Waals surface area contributed by atoms with Crippen LogP contribution in [0.2, 0.25) is 0 Å². The lowest BCUT2D eigenvalue weighted by Gasteiger charge is -2.39. The van der Waals surface area contributed by atoms with Gasteiger partial charge in [-0.1, -0.05) is 43.5 Å². The first-order chi connectivity index (χ1) is 12.6. The lowest BCUT2D eigenvalue weighted by Crippen LogP contribution is -2.38. The maximum absolute atomic E-state index is 13.2. The van der Waals surface area contributed by atoms with Gasteiger partial charge in [-0.2, -0.15) is 17.9 Å². The van der Waals surface area contributed by atoms with E-state index >= 15 is 0 Å². The van der Waals surface area contributed by atoms with Crippen LogP contribution >= 0.6 is 12.4 Å². The Balaban J connectivity index is 0.00000280. The van der Waals surface area contributed by atoms with E-state index in [1.54, 1.807) is 16.9 Å². The van der Waals surface area contributed by atoms with Crippen molar-refractivity contribution < 1.29 is 21.6 Å². The topological polar surface area (TPSA) is 49.4 Å². The molecule has 1 saturated heterocycles. The molecule has 3 rings (SSSR count). The van der Waals surface area contributed by atoms with Gasteiger partial charge in [-0.15, -0.1) is 12.4 Å². The van der Waals surface area contributed by atoms with Crippen LogP contribution in [0, 0.1) is 11.8 Å². The Morgan fingerprint density at radius 3 is 2.04 bits per heavy atom. The summed E-state index contributed by atoms with van der Waals surface area (Å²) in [4.78, 5) is 2.35. The van der Waals surface area contributed by atoms with E-state index in [0.29, 0.717) is 6.54 Å². The van der Waals surface area contributed by atoms with E-state index in [1.165, 1.54) is 44.2 Å². The molecular formula is C19H28ClF3N2O2S. The number of nitrogens with zero attached hydrogens (tertiary/aromatic N) is 1. The summed E-state index contributed by atoms with van der Waals surface area (Å²) < 4.78 is 63.9. The molecule has 9 heteroatoms. The van der Waals surface area contributed by atoms with E-state index in [2.05, 4.69) is 4.90 Å². The highest BCUT2D eigenvalue weighted by Gasteiger charge is 2.42. The highest BCUT2D eigenvalue weighted by Crippen LogP contribution is 2.39. The van der Waals surface area contributed by atoms with E-state index in [0.717, 1.165) is 36.7 Å². The van der Waals surface area contributed by atoms with Gasteiger partial charge in [0.05, 0.1) is 6.26 Å². The predicted octanol–water partition coefficient (Wildman–Crippen LogP) is 4.27. The molecule has 28 heavy (non-hydrogen) atoms. The van der Waals surface area contributed by atoms with Crippen LogP contribution in [-0.4, -0.2) is 38.8 Å². The Bertz CT molecular complexity index is 729. The van der Waals surface area contributed by atoms with Crippen LogP contribution in [0.1, 0.15) is 49.3 Å². The van der Waals surface area contributed by atoms with E-state index < -0.39 is 22.2 Å². The third kappa shape index (κ3) is 6.34. The zero-order chi connectivity index (χ0) is 19.7. The fourth-order valence-corrected chi connectivity index (χ4v) is 4.80. The van der Waals surface area contributed by atoms with Crippen molar-refractivity contribution in [1.29, 1.82) is 0 Å².